The number of hydrogen-bond donors (Lipinski definition) is 1. The van der Waals surface area contributed by atoms with Crippen LogP contribution in [0.25, 0.3) is 0 Å². The minimum Gasteiger partial charge on any atom is -0.508 e. The molecule has 0 aromatic heterocycles. The number of imide groups is 1. The molecule has 4 heteroatoms. The zero-order valence-corrected chi connectivity index (χ0v) is 11.5. The van der Waals surface area contributed by atoms with Crippen molar-refractivity contribution >= 4 is 11.8 Å². The largest absolute Gasteiger partial charge is 0.508 e. The molecule has 1 fully saturated rings. The van der Waals surface area contributed by atoms with E-state index in [-0.39, 0.29) is 36.4 Å². The number of phenols is 1. The number of nitrogens with zero attached hydrogens (tertiary/aromatic N) is 1. The van der Waals surface area contributed by atoms with Crippen molar-refractivity contribution in [3.63, 3.8) is 0 Å². The fraction of sp³-hybridized carbons (Fsp3) is 0.467. The first-order chi connectivity index (χ1) is 8.84. The first-order valence-electron chi connectivity index (χ1n) is 6.47. The van der Waals surface area contributed by atoms with E-state index < -0.39 is 5.41 Å². The molecule has 0 spiro atoms. The highest BCUT2D eigenvalue weighted by molar-refractivity contribution is 6.05. The number of likely N-dealkylation sites (tertiary alicyclic amines) is 1. The van der Waals surface area contributed by atoms with Crippen LogP contribution < -0.4 is 0 Å². The first-order valence-corrected chi connectivity index (χ1v) is 6.47. The van der Waals surface area contributed by atoms with Gasteiger partial charge in [0.25, 0.3) is 0 Å². The first kappa shape index (κ1) is 13.6. The van der Waals surface area contributed by atoms with Gasteiger partial charge in [0, 0.05) is 6.42 Å². The summed E-state index contributed by atoms with van der Waals surface area (Å²) in [7, 11) is 0. The Hall–Kier alpha value is -1.84. The fourth-order valence-corrected chi connectivity index (χ4v) is 2.36. The minimum absolute atomic E-state index is 0.115. The Balaban J connectivity index is 2.22. The van der Waals surface area contributed by atoms with Gasteiger partial charge >= 0.3 is 0 Å². The molecule has 0 aliphatic carbocycles. The van der Waals surface area contributed by atoms with Crippen molar-refractivity contribution in [2.45, 2.75) is 33.7 Å². The van der Waals surface area contributed by atoms with Crippen LogP contribution in [-0.2, 0) is 16.1 Å². The molecule has 2 rings (SSSR count). The van der Waals surface area contributed by atoms with Gasteiger partial charge in [0.15, 0.2) is 0 Å². The number of phenolic OH excluding ortho intramolecular Hbond substituents is 1. The van der Waals surface area contributed by atoms with E-state index >= 15 is 0 Å². The normalized spacial score (nSPS) is 23.5. The van der Waals surface area contributed by atoms with Gasteiger partial charge in [-0.25, -0.2) is 0 Å². The lowest BCUT2D eigenvalue weighted by Gasteiger charge is -2.26. The molecule has 102 valence electrons. The van der Waals surface area contributed by atoms with Gasteiger partial charge in [-0.2, -0.15) is 0 Å². The van der Waals surface area contributed by atoms with Crippen molar-refractivity contribution in [2.75, 3.05) is 0 Å². The lowest BCUT2D eigenvalue weighted by molar-refractivity contribution is -0.142. The molecule has 19 heavy (non-hydrogen) atoms. The summed E-state index contributed by atoms with van der Waals surface area (Å²) in [6.45, 7) is 6.00. The van der Waals surface area contributed by atoms with Crippen molar-refractivity contribution in [3.8, 4) is 5.75 Å². The highest BCUT2D eigenvalue weighted by Crippen LogP contribution is 2.39. The Morgan fingerprint density at radius 1 is 1.37 bits per heavy atom. The molecule has 1 saturated heterocycles. The van der Waals surface area contributed by atoms with Crippen LogP contribution in [0.4, 0.5) is 0 Å². The predicted octanol–water partition coefficient (Wildman–Crippen LogP) is 2.31. The molecule has 1 aromatic carbocycles. The topological polar surface area (TPSA) is 57.6 Å². The van der Waals surface area contributed by atoms with Crippen LogP contribution in [0.3, 0.4) is 0 Å². The Morgan fingerprint density at radius 2 is 2.05 bits per heavy atom. The monoisotopic (exact) mass is 261 g/mol. The van der Waals surface area contributed by atoms with Gasteiger partial charge in [0.1, 0.15) is 5.75 Å². The average molecular weight is 261 g/mol. The Labute approximate surface area is 113 Å². The molecule has 1 aliphatic rings. The second-order valence-electron chi connectivity index (χ2n) is 5.70. The minimum atomic E-state index is -0.603. The van der Waals surface area contributed by atoms with Gasteiger partial charge in [-0.3, -0.25) is 14.5 Å². The molecule has 1 N–H and O–H groups in total. The maximum absolute atomic E-state index is 12.4. The van der Waals surface area contributed by atoms with Crippen LogP contribution >= 0.6 is 0 Å². The maximum Gasteiger partial charge on any atom is 0.236 e. The summed E-state index contributed by atoms with van der Waals surface area (Å²) in [4.78, 5) is 25.7. The molecule has 4 nitrogen and oxygen atoms in total. The number of rotatable bonds is 3. The molecule has 0 bridgehead atoms. The predicted molar refractivity (Wildman–Crippen MR) is 71.2 cm³/mol. The van der Waals surface area contributed by atoms with Gasteiger partial charge in [-0.15, -0.1) is 0 Å². The Morgan fingerprint density at radius 3 is 2.58 bits per heavy atom. The van der Waals surface area contributed by atoms with Crippen molar-refractivity contribution in [3.05, 3.63) is 29.8 Å². The molecule has 1 heterocycles. The molecule has 1 unspecified atom stereocenters. The maximum atomic E-state index is 12.4. The van der Waals surface area contributed by atoms with Crippen LogP contribution in [0.1, 0.15) is 32.8 Å². The van der Waals surface area contributed by atoms with Crippen LogP contribution in [-0.4, -0.2) is 21.8 Å². The molecule has 1 aromatic rings. The standard InChI is InChI=1S/C15H19NO3/c1-10(2)15(3)8-13(18)16(14(15)19)9-11-5-4-6-12(17)7-11/h4-7,10,17H,8-9H2,1-3H3. The molecule has 2 amide bonds. The number of carbonyl (C=O) groups is 2. The molecule has 1 aliphatic heterocycles. The van der Waals surface area contributed by atoms with Gasteiger partial charge < -0.3 is 5.11 Å². The Bertz CT molecular complexity index is 524. The van der Waals surface area contributed by atoms with E-state index in [1.54, 1.807) is 24.3 Å². The van der Waals surface area contributed by atoms with E-state index in [0.717, 1.165) is 5.56 Å². The lowest BCUT2D eigenvalue weighted by atomic mass is 9.78. The quantitative estimate of drug-likeness (QED) is 0.849. The van der Waals surface area contributed by atoms with Crippen LogP contribution in [0.2, 0.25) is 0 Å². The number of carbonyl (C=O) groups excluding carboxylic acids is 2. The summed E-state index contributed by atoms with van der Waals surface area (Å²) in [6.07, 6.45) is 0.266. The third-order valence-electron chi connectivity index (χ3n) is 4.08. The highest BCUT2D eigenvalue weighted by Gasteiger charge is 2.49. The van der Waals surface area contributed by atoms with Crippen LogP contribution in [0.5, 0.6) is 5.75 Å². The second-order valence-corrected chi connectivity index (χ2v) is 5.70. The zero-order valence-electron chi connectivity index (χ0n) is 11.5. The van der Waals surface area contributed by atoms with Gasteiger partial charge in [0.05, 0.1) is 12.0 Å². The number of benzene rings is 1. The Kier molecular flexibility index (Phi) is 3.35. The SMILES string of the molecule is CC(C)C1(C)CC(=O)N(Cc2cccc(O)c2)C1=O. The summed E-state index contributed by atoms with van der Waals surface area (Å²) in [5.74, 6) is 0.0155. The van der Waals surface area contributed by atoms with E-state index in [4.69, 9.17) is 0 Å². The van der Waals surface area contributed by atoms with E-state index in [2.05, 4.69) is 0 Å². The van der Waals surface area contributed by atoms with Crippen molar-refractivity contribution < 1.29 is 14.7 Å². The highest BCUT2D eigenvalue weighted by atomic mass is 16.3. The van der Waals surface area contributed by atoms with Crippen molar-refractivity contribution in [1.82, 2.24) is 4.90 Å². The summed E-state index contributed by atoms with van der Waals surface area (Å²) >= 11 is 0. The summed E-state index contributed by atoms with van der Waals surface area (Å²) in [6, 6.07) is 6.64. The van der Waals surface area contributed by atoms with Crippen molar-refractivity contribution in [2.24, 2.45) is 11.3 Å². The molecular weight excluding hydrogens is 242 g/mol. The van der Waals surface area contributed by atoms with Gasteiger partial charge in [-0.1, -0.05) is 26.0 Å². The third-order valence-corrected chi connectivity index (χ3v) is 4.08. The lowest BCUT2D eigenvalue weighted by Crippen LogP contribution is -2.36. The van der Waals surface area contributed by atoms with Crippen LogP contribution in [0.15, 0.2) is 24.3 Å². The molecule has 1 atom stereocenters. The van der Waals surface area contributed by atoms with E-state index in [9.17, 15) is 14.7 Å². The van der Waals surface area contributed by atoms with Crippen LogP contribution in [0, 0.1) is 11.3 Å². The summed E-state index contributed by atoms with van der Waals surface area (Å²) in [5.41, 5.74) is 0.156. The molecular formula is C15H19NO3. The van der Waals surface area contributed by atoms with Gasteiger partial charge in [-0.05, 0) is 30.5 Å². The fourth-order valence-electron chi connectivity index (χ4n) is 2.36. The van der Waals surface area contributed by atoms with Crippen molar-refractivity contribution in [1.29, 1.82) is 0 Å². The average Bonchev–Trinajstić information content (AvgIpc) is 2.54. The van der Waals surface area contributed by atoms with E-state index in [1.807, 2.05) is 20.8 Å². The third kappa shape index (κ3) is 2.35. The smallest absolute Gasteiger partial charge is 0.236 e. The molecule has 0 radical (unpaired) electrons. The van der Waals surface area contributed by atoms with Gasteiger partial charge in [0.2, 0.25) is 11.8 Å². The number of aromatic hydroxyl groups is 1. The zero-order chi connectivity index (χ0) is 14.2. The summed E-state index contributed by atoms with van der Waals surface area (Å²) in [5, 5.41) is 9.42. The second kappa shape index (κ2) is 4.68. The van der Waals surface area contributed by atoms with E-state index in [1.165, 1.54) is 4.90 Å². The molecule has 0 saturated carbocycles. The van der Waals surface area contributed by atoms with E-state index in [0.29, 0.717) is 0 Å². The number of amides is 2. The number of hydrogen-bond acceptors (Lipinski definition) is 3. The summed E-state index contributed by atoms with van der Waals surface area (Å²) < 4.78 is 0.